The maximum Gasteiger partial charge on any atom is 0.326 e. The number of rotatable bonds is 3. The molecular weight excluding hydrogens is 264 g/mol. The second kappa shape index (κ2) is 5.49. The number of urea groups is 1. The highest BCUT2D eigenvalue weighted by Crippen LogP contribution is 2.23. The predicted octanol–water partition coefficient (Wildman–Crippen LogP) is 0.732. The number of nitrogens with one attached hydrogen (secondary N) is 2. The summed E-state index contributed by atoms with van der Waals surface area (Å²) in [4.78, 5) is 24.7. The molecule has 8 nitrogen and oxygen atoms in total. The summed E-state index contributed by atoms with van der Waals surface area (Å²) in [7, 11) is 1.51. The minimum Gasteiger partial charge on any atom is -0.480 e. The lowest BCUT2D eigenvalue weighted by Crippen LogP contribution is -2.43. The number of methoxy groups -OCH3 is 1. The van der Waals surface area contributed by atoms with Gasteiger partial charge < -0.3 is 20.1 Å². The summed E-state index contributed by atoms with van der Waals surface area (Å²) in [6, 6.07) is -1.32. The van der Waals surface area contributed by atoms with Crippen molar-refractivity contribution in [3.8, 4) is 0 Å². The van der Waals surface area contributed by atoms with Crippen molar-refractivity contribution in [2.75, 3.05) is 19.0 Å². The molecule has 20 heavy (non-hydrogen) atoms. The highest BCUT2D eigenvalue weighted by Gasteiger charge is 2.40. The van der Waals surface area contributed by atoms with E-state index in [0.717, 1.165) is 5.69 Å². The zero-order valence-corrected chi connectivity index (χ0v) is 11.6. The monoisotopic (exact) mass is 282 g/mol. The van der Waals surface area contributed by atoms with Crippen LogP contribution in [0.1, 0.15) is 17.8 Å². The van der Waals surface area contributed by atoms with Gasteiger partial charge in [0.1, 0.15) is 6.04 Å². The third-order valence-corrected chi connectivity index (χ3v) is 3.50. The second-order valence-corrected chi connectivity index (χ2v) is 4.84. The minimum atomic E-state index is -1.03. The van der Waals surface area contributed by atoms with Gasteiger partial charge in [-0.1, -0.05) is 0 Å². The van der Waals surface area contributed by atoms with Gasteiger partial charge in [-0.25, -0.2) is 9.59 Å². The molecule has 1 aromatic heterocycles. The number of aromatic amines is 1. The molecule has 8 heteroatoms. The van der Waals surface area contributed by atoms with E-state index in [9.17, 15) is 14.7 Å². The van der Waals surface area contributed by atoms with Crippen molar-refractivity contribution in [2.45, 2.75) is 32.4 Å². The van der Waals surface area contributed by atoms with E-state index in [1.165, 1.54) is 12.0 Å². The quantitative estimate of drug-likeness (QED) is 0.757. The zero-order valence-electron chi connectivity index (χ0n) is 11.6. The SMILES string of the molecule is COC1CC(C(=O)O)N(C(=O)Nc2c(C)n[nH]c2C)C1. The Kier molecular flexibility index (Phi) is 3.93. The van der Waals surface area contributed by atoms with Crippen molar-refractivity contribution in [1.82, 2.24) is 15.1 Å². The van der Waals surface area contributed by atoms with Crippen molar-refractivity contribution in [1.29, 1.82) is 0 Å². The summed E-state index contributed by atoms with van der Waals surface area (Å²) in [6.45, 7) is 3.80. The molecule has 3 N–H and O–H groups in total. The molecule has 0 bridgehead atoms. The number of H-pyrrole nitrogens is 1. The second-order valence-electron chi connectivity index (χ2n) is 4.84. The molecule has 1 saturated heterocycles. The van der Waals surface area contributed by atoms with Crippen molar-refractivity contribution in [3.63, 3.8) is 0 Å². The third kappa shape index (κ3) is 2.60. The number of nitrogens with zero attached hydrogens (tertiary/aromatic N) is 2. The Morgan fingerprint density at radius 2 is 2.20 bits per heavy atom. The topological polar surface area (TPSA) is 108 Å². The van der Waals surface area contributed by atoms with Crippen LogP contribution in [0.3, 0.4) is 0 Å². The zero-order chi connectivity index (χ0) is 14.9. The molecule has 0 aromatic carbocycles. The van der Waals surface area contributed by atoms with E-state index in [2.05, 4.69) is 15.5 Å². The van der Waals surface area contributed by atoms with E-state index in [1.807, 2.05) is 0 Å². The number of carboxylic acid groups (broad SMARTS) is 1. The van der Waals surface area contributed by atoms with Gasteiger partial charge in [0, 0.05) is 20.1 Å². The van der Waals surface area contributed by atoms with Crippen LogP contribution in [0.2, 0.25) is 0 Å². The highest BCUT2D eigenvalue weighted by atomic mass is 16.5. The van der Waals surface area contributed by atoms with Crippen LogP contribution >= 0.6 is 0 Å². The Balaban J connectivity index is 2.13. The number of anilines is 1. The average molecular weight is 282 g/mol. The largest absolute Gasteiger partial charge is 0.480 e. The first-order valence-corrected chi connectivity index (χ1v) is 6.28. The van der Waals surface area contributed by atoms with Crippen LogP contribution in [0.5, 0.6) is 0 Å². The van der Waals surface area contributed by atoms with Gasteiger partial charge in [-0.15, -0.1) is 0 Å². The Morgan fingerprint density at radius 1 is 1.50 bits per heavy atom. The molecule has 2 amide bonds. The van der Waals surface area contributed by atoms with Crippen LogP contribution in [0, 0.1) is 13.8 Å². The lowest BCUT2D eigenvalue weighted by Gasteiger charge is -2.21. The number of aryl methyl sites for hydroxylation is 2. The summed E-state index contributed by atoms with van der Waals surface area (Å²) in [6.07, 6.45) is 0.0381. The molecule has 2 heterocycles. The molecule has 1 aromatic rings. The van der Waals surface area contributed by atoms with Crippen LogP contribution in [0.25, 0.3) is 0 Å². The fraction of sp³-hybridized carbons (Fsp3) is 0.583. The van der Waals surface area contributed by atoms with Gasteiger partial charge in [-0.05, 0) is 13.8 Å². The Bertz CT molecular complexity index is 508. The molecule has 0 saturated carbocycles. The van der Waals surface area contributed by atoms with Crippen LogP contribution in [-0.4, -0.2) is 58.0 Å². The number of aliphatic carboxylic acids is 1. The van der Waals surface area contributed by atoms with Crippen molar-refractivity contribution in [2.24, 2.45) is 0 Å². The molecular formula is C12H18N4O4. The number of amides is 2. The van der Waals surface area contributed by atoms with Gasteiger partial charge in [0.2, 0.25) is 0 Å². The van der Waals surface area contributed by atoms with E-state index in [1.54, 1.807) is 13.8 Å². The number of likely N-dealkylation sites (tertiary alicyclic amines) is 1. The van der Waals surface area contributed by atoms with Crippen LogP contribution < -0.4 is 5.32 Å². The summed E-state index contributed by atoms with van der Waals surface area (Å²) < 4.78 is 5.15. The summed E-state index contributed by atoms with van der Waals surface area (Å²) >= 11 is 0. The van der Waals surface area contributed by atoms with E-state index in [4.69, 9.17) is 4.74 Å². The highest BCUT2D eigenvalue weighted by molar-refractivity contribution is 5.93. The first-order valence-electron chi connectivity index (χ1n) is 6.28. The molecule has 2 atom stereocenters. The van der Waals surface area contributed by atoms with Gasteiger partial charge in [-0.2, -0.15) is 5.10 Å². The molecule has 1 aliphatic heterocycles. The van der Waals surface area contributed by atoms with E-state index in [0.29, 0.717) is 17.8 Å². The molecule has 0 spiro atoms. The van der Waals surface area contributed by atoms with Gasteiger partial charge >= 0.3 is 12.0 Å². The molecule has 2 unspecified atom stereocenters. The number of hydrogen-bond acceptors (Lipinski definition) is 4. The van der Waals surface area contributed by atoms with Crippen molar-refractivity contribution in [3.05, 3.63) is 11.4 Å². The van der Waals surface area contributed by atoms with E-state index >= 15 is 0 Å². The fourth-order valence-electron chi connectivity index (χ4n) is 2.34. The van der Waals surface area contributed by atoms with E-state index in [-0.39, 0.29) is 12.6 Å². The molecule has 0 aliphatic carbocycles. The Hall–Kier alpha value is -2.09. The standard InChI is InChI=1S/C12H18N4O4/c1-6-10(7(2)15-14-6)13-12(19)16-5-8(20-3)4-9(16)11(17)18/h8-9H,4-5H2,1-3H3,(H,13,19)(H,14,15)(H,17,18). The number of ether oxygens (including phenoxy) is 1. The molecule has 2 rings (SSSR count). The maximum absolute atomic E-state index is 12.2. The van der Waals surface area contributed by atoms with E-state index < -0.39 is 18.0 Å². The molecule has 110 valence electrons. The summed E-state index contributed by atoms with van der Waals surface area (Å²) in [5.74, 6) is -1.03. The van der Waals surface area contributed by atoms with Crippen LogP contribution in [-0.2, 0) is 9.53 Å². The van der Waals surface area contributed by atoms with Crippen molar-refractivity contribution >= 4 is 17.7 Å². The first-order chi connectivity index (χ1) is 9.43. The first kappa shape index (κ1) is 14.3. The number of carbonyl (C=O) groups is 2. The number of carbonyl (C=O) groups excluding carboxylic acids is 1. The number of hydrogen-bond donors (Lipinski definition) is 3. The number of carboxylic acids is 1. The lowest BCUT2D eigenvalue weighted by molar-refractivity contribution is -0.141. The maximum atomic E-state index is 12.2. The van der Waals surface area contributed by atoms with Crippen molar-refractivity contribution < 1.29 is 19.4 Å². The van der Waals surface area contributed by atoms with Gasteiger partial charge in [0.25, 0.3) is 0 Å². The fourth-order valence-corrected chi connectivity index (χ4v) is 2.34. The Morgan fingerprint density at radius 3 is 2.70 bits per heavy atom. The average Bonchev–Trinajstić information content (AvgIpc) is 2.97. The van der Waals surface area contributed by atoms with Gasteiger partial charge in [0.15, 0.2) is 0 Å². The summed E-state index contributed by atoms with van der Waals surface area (Å²) in [5.41, 5.74) is 1.97. The number of aromatic nitrogens is 2. The smallest absolute Gasteiger partial charge is 0.326 e. The van der Waals surface area contributed by atoms with Crippen LogP contribution in [0.4, 0.5) is 10.5 Å². The normalized spacial score (nSPS) is 22.1. The van der Waals surface area contributed by atoms with Gasteiger partial charge in [-0.3, -0.25) is 5.10 Å². The van der Waals surface area contributed by atoms with Crippen LogP contribution in [0.15, 0.2) is 0 Å². The Labute approximate surface area is 116 Å². The lowest BCUT2D eigenvalue weighted by atomic mass is 10.2. The molecule has 1 fully saturated rings. The summed E-state index contributed by atoms with van der Waals surface area (Å²) in [5, 5.41) is 18.6. The minimum absolute atomic E-state index is 0.256. The predicted molar refractivity (Wildman–Crippen MR) is 70.6 cm³/mol. The van der Waals surface area contributed by atoms with Gasteiger partial charge in [0.05, 0.1) is 23.2 Å². The molecule has 0 radical (unpaired) electrons. The molecule has 1 aliphatic rings. The third-order valence-electron chi connectivity index (χ3n) is 3.50.